The third kappa shape index (κ3) is 3.43. The summed E-state index contributed by atoms with van der Waals surface area (Å²) in [5, 5.41) is 20.0. The van der Waals surface area contributed by atoms with Crippen molar-refractivity contribution in [3.05, 3.63) is 0 Å². The van der Waals surface area contributed by atoms with E-state index in [9.17, 15) is 10.2 Å². The molecular formula is C14H27NO2. The van der Waals surface area contributed by atoms with Gasteiger partial charge in [0.05, 0.1) is 12.2 Å². The first-order valence-corrected chi connectivity index (χ1v) is 7.25. The van der Waals surface area contributed by atoms with E-state index in [1.165, 1.54) is 19.3 Å². The summed E-state index contributed by atoms with van der Waals surface area (Å²) in [6, 6.07) is 0.317. The molecule has 2 N–H and O–H groups in total. The van der Waals surface area contributed by atoms with Crippen LogP contribution in [0.3, 0.4) is 0 Å². The average molecular weight is 241 g/mol. The lowest BCUT2D eigenvalue weighted by atomic mass is 9.85. The van der Waals surface area contributed by atoms with Gasteiger partial charge in [0.15, 0.2) is 0 Å². The SMILES string of the molecule is CN(CC1CCCCC1O)C1CCCCC1O. The lowest BCUT2D eigenvalue weighted by molar-refractivity contribution is -0.00110. The van der Waals surface area contributed by atoms with Gasteiger partial charge < -0.3 is 15.1 Å². The summed E-state index contributed by atoms with van der Waals surface area (Å²) >= 11 is 0. The highest BCUT2D eigenvalue weighted by Crippen LogP contribution is 2.28. The molecule has 3 nitrogen and oxygen atoms in total. The van der Waals surface area contributed by atoms with E-state index in [0.717, 1.165) is 38.6 Å². The monoisotopic (exact) mass is 241 g/mol. The maximum absolute atomic E-state index is 10.0. The molecule has 0 amide bonds. The Morgan fingerprint density at radius 1 is 0.882 bits per heavy atom. The number of hydrogen-bond donors (Lipinski definition) is 2. The van der Waals surface area contributed by atoms with Crippen molar-refractivity contribution in [2.45, 2.75) is 69.6 Å². The second kappa shape index (κ2) is 6.17. The lowest BCUT2D eigenvalue weighted by Gasteiger charge is -2.39. The van der Waals surface area contributed by atoms with E-state index in [1.54, 1.807) is 0 Å². The van der Waals surface area contributed by atoms with Gasteiger partial charge in [-0.1, -0.05) is 25.7 Å². The van der Waals surface area contributed by atoms with Crippen molar-refractivity contribution in [3.63, 3.8) is 0 Å². The van der Waals surface area contributed by atoms with Crippen LogP contribution in [0.25, 0.3) is 0 Å². The number of aliphatic hydroxyl groups excluding tert-OH is 2. The smallest absolute Gasteiger partial charge is 0.0695 e. The molecule has 17 heavy (non-hydrogen) atoms. The molecule has 0 heterocycles. The highest BCUT2D eigenvalue weighted by Gasteiger charge is 2.30. The van der Waals surface area contributed by atoms with Crippen LogP contribution in [0.1, 0.15) is 51.4 Å². The average Bonchev–Trinajstić information content (AvgIpc) is 2.32. The second-order valence-corrected chi connectivity index (χ2v) is 5.97. The summed E-state index contributed by atoms with van der Waals surface area (Å²) < 4.78 is 0. The number of hydrogen-bond acceptors (Lipinski definition) is 3. The normalized spacial score (nSPS) is 39.5. The maximum atomic E-state index is 10.0. The van der Waals surface area contributed by atoms with Crippen molar-refractivity contribution in [3.8, 4) is 0 Å². The van der Waals surface area contributed by atoms with Crippen LogP contribution in [0.4, 0.5) is 0 Å². The molecule has 0 saturated heterocycles. The number of likely N-dealkylation sites (N-methyl/N-ethyl adjacent to an activating group) is 1. The fourth-order valence-corrected chi connectivity index (χ4v) is 3.51. The lowest BCUT2D eigenvalue weighted by Crippen LogP contribution is -2.47. The van der Waals surface area contributed by atoms with Crippen molar-refractivity contribution < 1.29 is 10.2 Å². The minimum Gasteiger partial charge on any atom is -0.393 e. The first-order valence-electron chi connectivity index (χ1n) is 7.25. The van der Waals surface area contributed by atoms with Crippen LogP contribution in [0.15, 0.2) is 0 Å². The highest BCUT2D eigenvalue weighted by molar-refractivity contribution is 4.84. The van der Waals surface area contributed by atoms with Gasteiger partial charge in [-0.25, -0.2) is 0 Å². The Balaban J connectivity index is 1.84. The summed E-state index contributed by atoms with van der Waals surface area (Å²) in [5.74, 6) is 0.419. The molecule has 0 aromatic carbocycles. The van der Waals surface area contributed by atoms with Crippen molar-refractivity contribution in [1.29, 1.82) is 0 Å². The Kier molecular flexibility index (Phi) is 4.83. The highest BCUT2D eigenvalue weighted by atomic mass is 16.3. The van der Waals surface area contributed by atoms with Crippen molar-refractivity contribution in [2.75, 3.05) is 13.6 Å². The van der Waals surface area contributed by atoms with E-state index in [0.29, 0.717) is 12.0 Å². The maximum Gasteiger partial charge on any atom is 0.0695 e. The molecule has 0 bridgehead atoms. The van der Waals surface area contributed by atoms with Gasteiger partial charge in [-0.05, 0) is 38.6 Å². The molecule has 3 heteroatoms. The van der Waals surface area contributed by atoms with E-state index < -0.39 is 0 Å². The summed E-state index contributed by atoms with van der Waals surface area (Å²) in [4.78, 5) is 2.29. The molecule has 2 aliphatic carbocycles. The van der Waals surface area contributed by atoms with Crippen LogP contribution in [-0.4, -0.2) is 47.0 Å². The molecule has 0 aromatic rings. The molecule has 2 saturated carbocycles. The molecule has 2 fully saturated rings. The largest absolute Gasteiger partial charge is 0.393 e. The van der Waals surface area contributed by atoms with E-state index in [2.05, 4.69) is 11.9 Å². The minimum absolute atomic E-state index is 0.119. The van der Waals surface area contributed by atoms with Crippen LogP contribution in [-0.2, 0) is 0 Å². The zero-order valence-electron chi connectivity index (χ0n) is 11.0. The number of aliphatic hydroxyl groups is 2. The van der Waals surface area contributed by atoms with Gasteiger partial charge >= 0.3 is 0 Å². The molecule has 0 aromatic heterocycles. The van der Waals surface area contributed by atoms with Gasteiger partial charge in [0.25, 0.3) is 0 Å². The summed E-state index contributed by atoms with van der Waals surface area (Å²) in [7, 11) is 2.11. The third-order valence-corrected chi connectivity index (χ3v) is 4.65. The molecular weight excluding hydrogens is 214 g/mol. The Labute approximate surface area is 105 Å². The molecule has 2 rings (SSSR count). The van der Waals surface area contributed by atoms with Crippen molar-refractivity contribution >= 4 is 0 Å². The van der Waals surface area contributed by atoms with Crippen LogP contribution < -0.4 is 0 Å². The Morgan fingerprint density at radius 2 is 1.47 bits per heavy atom. The van der Waals surface area contributed by atoms with Gasteiger partial charge in [0, 0.05) is 12.6 Å². The van der Waals surface area contributed by atoms with Gasteiger partial charge in [0.1, 0.15) is 0 Å². The standard InChI is InChI=1S/C14H27NO2/c1-15(12-7-3-5-9-14(12)17)10-11-6-2-4-8-13(11)16/h11-14,16-17H,2-10H2,1H3. The topological polar surface area (TPSA) is 43.7 Å². The Bertz CT molecular complexity index is 234. The minimum atomic E-state index is -0.158. The van der Waals surface area contributed by atoms with Crippen LogP contribution in [0, 0.1) is 5.92 Å². The Hall–Kier alpha value is -0.120. The third-order valence-electron chi connectivity index (χ3n) is 4.65. The predicted molar refractivity (Wildman–Crippen MR) is 68.9 cm³/mol. The summed E-state index contributed by atoms with van der Waals surface area (Å²) in [6.45, 7) is 0.947. The molecule has 0 radical (unpaired) electrons. The zero-order valence-corrected chi connectivity index (χ0v) is 11.0. The fourth-order valence-electron chi connectivity index (χ4n) is 3.51. The molecule has 100 valence electrons. The quantitative estimate of drug-likeness (QED) is 0.791. The van der Waals surface area contributed by atoms with Crippen molar-refractivity contribution in [2.24, 2.45) is 5.92 Å². The van der Waals surface area contributed by atoms with Crippen molar-refractivity contribution in [1.82, 2.24) is 4.90 Å². The number of nitrogens with zero attached hydrogens (tertiary/aromatic N) is 1. The van der Waals surface area contributed by atoms with Gasteiger partial charge in [0.2, 0.25) is 0 Å². The number of rotatable bonds is 3. The molecule has 0 spiro atoms. The molecule has 4 unspecified atom stereocenters. The molecule has 2 aliphatic rings. The van der Waals surface area contributed by atoms with Gasteiger partial charge in [-0.3, -0.25) is 0 Å². The van der Waals surface area contributed by atoms with Gasteiger partial charge in [-0.2, -0.15) is 0 Å². The van der Waals surface area contributed by atoms with Crippen LogP contribution >= 0.6 is 0 Å². The summed E-state index contributed by atoms with van der Waals surface area (Å²) in [5.41, 5.74) is 0. The predicted octanol–water partition coefficient (Wildman–Crippen LogP) is 1.77. The van der Waals surface area contributed by atoms with Crippen LogP contribution in [0.2, 0.25) is 0 Å². The van der Waals surface area contributed by atoms with E-state index >= 15 is 0 Å². The van der Waals surface area contributed by atoms with Gasteiger partial charge in [-0.15, -0.1) is 0 Å². The molecule has 0 aliphatic heterocycles. The Morgan fingerprint density at radius 3 is 2.12 bits per heavy atom. The van der Waals surface area contributed by atoms with Crippen LogP contribution in [0.5, 0.6) is 0 Å². The first-order chi connectivity index (χ1) is 8.18. The van der Waals surface area contributed by atoms with E-state index in [4.69, 9.17) is 0 Å². The van der Waals surface area contributed by atoms with E-state index in [1.807, 2.05) is 0 Å². The van der Waals surface area contributed by atoms with E-state index in [-0.39, 0.29) is 12.2 Å². The zero-order chi connectivity index (χ0) is 12.3. The molecule has 4 atom stereocenters. The second-order valence-electron chi connectivity index (χ2n) is 5.97. The first kappa shape index (κ1) is 13.3. The fraction of sp³-hybridized carbons (Fsp3) is 1.00. The summed E-state index contributed by atoms with van der Waals surface area (Å²) in [6.07, 6.45) is 8.72.